The molecule has 1 unspecified atom stereocenters. The summed E-state index contributed by atoms with van der Waals surface area (Å²) >= 11 is 0. The Morgan fingerprint density at radius 2 is 1.83 bits per heavy atom. The van der Waals surface area contributed by atoms with Gasteiger partial charge in [-0.3, -0.25) is 0 Å². The van der Waals surface area contributed by atoms with Crippen LogP contribution < -0.4 is 4.90 Å². The molecule has 1 atom stereocenters. The number of sulfone groups is 1. The van der Waals surface area contributed by atoms with E-state index in [1.54, 1.807) is 6.07 Å². The lowest BCUT2D eigenvalue weighted by atomic mass is 9.95. The zero-order chi connectivity index (χ0) is 16.3. The van der Waals surface area contributed by atoms with E-state index in [0.29, 0.717) is 10.9 Å². The minimum absolute atomic E-state index is 0.402. The second kappa shape index (κ2) is 6.75. The molecule has 1 saturated heterocycles. The lowest BCUT2D eigenvalue weighted by Crippen LogP contribution is -2.41. The monoisotopic (exact) mass is 329 g/mol. The molecule has 1 fully saturated rings. The van der Waals surface area contributed by atoms with Gasteiger partial charge in [-0.25, -0.2) is 8.42 Å². The number of hydrogen-bond donors (Lipinski definition) is 0. The molecule has 1 aliphatic heterocycles. The van der Waals surface area contributed by atoms with Crippen LogP contribution in [0.1, 0.15) is 24.8 Å². The molecular formula is C19H23NO2S. The Bertz CT molecular complexity index is 756. The predicted octanol–water partition coefficient (Wildman–Crippen LogP) is 3.69. The zero-order valence-electron chi connectivity index (χ0n) is 13.5. The van der Waals surface area contributed by atoms with Gasteiger partial charge in [0.1, 0.15) is 0 Å². The van der Waals surface area contributed by atoms with E-state index in [1.165, 1.54) is 18.2 Å². The second-order valence-corrected chi connectivity index (χ2v) is 8.32. The van der Waals surface area contributed by atoms with E-state index < -0.39 is 9.84 Å². The van der Waals surface area contributed by atoms with E-state index in [2.05, 4.69) is 29.2 Å². The van der Waals surface area contributed by atoms with Crippen LogP contribution in [0.15, 0.2) is 59.5 Å². The fourth-order valence-corrected chi connectivity index (χ4v) is 3.99. The third-order valence-corrected chi connectivity index (χ3v) is 5.63. The van der Waals surface area contributed by atoms with Gasteiger partial charge in [-0.05, 0) is 49.4 Å². The SMILES string of the molecule is CS(=O)(=O)c1cccc(N2CCCCC2Cc2ccccc2)c1. The van der Waals surface area contributed by atoms with Gasteiger partial charge in [0, 0.05) is 24.5 Å². The fourth-order valence-electron chi connectivity index (χ4n) is 3.33. The first-order valence-electron chi connectivity index (χ1n) is 8.15. The average molecular weight is 329 g/mol. The maximum atomic E-state index is 11.8. The van der Waals surface area contributed by atoms with Crippen LogP contribution in [0.5, 0.6) is 0 Å². The molecule has 1 aliphatic rings. The first-order chi connectivity index (χ1) is 11.0. The molecule has 0 aromatic heterocycles. The third-order valence-electron chi connectivity index (χ3n) is 4.52. The smallest absolute Gasteiger partial charge is 0.175 e. The number of benzene rings is 2. The summed E-state index contributed by atoms with van der Waals surface area (Å²) in [4.78, 5) is 2.78. The van der Waals surface area contributed by atoms with Crippen LogP contribution in [0.2, 0.25) is 0 Å². The minimum atomic E-state index is -3.17. The molecule has 3 rings (SSSR count). The van der Waals surface area contributed by atoms with Crippen LogP contribution >= 0.6 is 0 Å². The van der Waals surface area contributed by atoms with Gasteiger partial charge in [0.25, 0.3) is 0 Å². The number of rotatable bonds is 4. The van der Waals surface area contributed by atoms with E-state index in [-0.39, 0.29) is 0 Å². The molecule has 0 N–H and O–H groups in total. The van der Waals surface area contributed by atoms with Crippen LogP contribution in [0, 0.1) is 0 Å². The van der Waals surface area contributed by atoms with E-state index in [9.17, 15) is 8.42 Å². The van der Waals surface area contributed by atoms with Gasteiger partial charge in [-0.15, -0.1) is 0 Å². The summed E-state index contributed by atoms with van der Waals surface area (Å²) in [5, 5.41) is 0. The Morgan fingerprint density at radius 1 is 1.04 bits per heavy atom. The van der Waals surface area contributed by atoms with Gasteiger partial charge >= 0.3 is 0 Å². The molecule has 2 aromatic carbocycles. The zero-order valence-corrected chi connectivity index (χ0v) is 14.3. The normalized spacial score (nSPS) is 18.8. The largest absolute Gasteiger partial charge is 0.368 e. The van der Waals surface area contributed by atoms with Crippen molar-refractivity contribution >= 4 is 15.5 Å². The van der Waals surface area contributed by atoms with Crippen molar-refractivity contribution in [1.29, 1.82) is 0 Å². The highest BCUT2D eigenvalue weighted by atomic mass is 32.2. The fraction of sp³-hybridized carbons (Fsp3) is 0.368. The van der Waals surface area contributed by atoms with E-state index in [4.69, 9.17) is 0 Å². The number of piperidine rings is 1. The van der Waals surface area contributed by atoms with Crippen molar-refractivity contribution in [2.75, 3.05) is 17.7 Å². The summed E-state index contributed by atoms with van der Waals surface area (Å²) in [6.07, 6.45) is 5.82. The highest BCUT2D eigenvalue weighted by Crippen LogP contribution is 2.28. The molecule has 0 saturated carbocycles. The minimum Gasteiger partial charge on any atom is -0.368 e. The lowest BCUT2D eigenvalue weighted by Gasteiger charge is -2.38. The first-order valence-corrected chi connectivity index (χ1v) is 10.0. The van der Waals surface area contributed by atoms with E-state index in [1.807, 2.05) is 24.3 Å². The molecular weight excluding hydrogens is 306 g/mol. The molecule has 1 heterocycles. The molecule has 0 radical (unpaired) electrons. The molecule has 4 heteroatoms. The summed E-state index contributed by atoms with van der Waals surface area (Å²) in [7, 11) is -3.17. The summed E-state index contributed by atoms with van der Waals surface area (Å²) in [6, 6.07) is 18.3. The lowest BCUT2D eigenvalue weighted by molar-refractivity contribution is 0.457. The van der Waals surface area contributed by atoms with Crippen molar-refractivity contribution in [3.05, 3.63) is 60.2 Å². The Kier molecular flexibility index (Phi) is 4.71. The Hall–Kier alpha value is -1.81. The third kappa shape index (κ3) is 3.94. The van der Waals surface area contributed by atoms with Gasteiger partial charge in [-0.1, -0.05) is 36.4 Å². The van der Waals surface area contributed by atoms with Crippen LogP contribution in [0.3, 0.4) is 0 Å². The van der Waals surface area contributed by atoms with Crippen LogP contribution in [-0.4, -0.2) is 27.3 Å². The standard InChI is InChI=1S/C19H23NO2S/c1-23(21,22)19-12-7-11-18(15-19)20-13-6-5-10-17(20)14-16-8-3-2-4-9-16/h2-4,7-9,11-12,15,17H,5-6,10,13-14H2,1H3. The molecule has 3 nitrogen and oxygen atoms in total. The maximum Gasteiger partial charge on any atom is 0.175 e. The molecule has 2 aromatic rings. The Balaban J connectivity index is 1.87. The Labute approximate surface area is 138 Å². The number of hydrogen-bond acceptors (Lipinski definition) is 3. The summed E-state index contributed by atoms with van der Waals surface area (Å²) in [5.74, 6) is 0. The molecule has 0 bridgehead atoms. The molecule has 0 amide bonds. The van der Waals surface area contributed by atoms with Crippen molar-refractivity contribution in [2.24, 2.45) is 0 Å². The quantitative estimate of drug-likeness (QED) is 0.858. The number of nitrogens with zero attached hydrogens (tertiary/aromatic N) is 1. The second-order valence-electron chi connectivity index (χ2n) is 6.30. The van der Waals surface area contributed by atoms with E-state index in [0.717, 1.165) is 31.5 Å². The van der Waals surface area contributed by atoms with Crippen molar-refractivity contribution in [1.82, 2.24) is 0 Å². The first kappa shape index (κ1) is 16.1. The predicted molar refractivity (Wildman–Crippen MR) is 94.7 cm³/mol. The van der Waals surface area contributed by atoms with Crippen molar-refractivity contribution in [2.45, 2.75) is 36.6 Å². The van der Waals surface area contributed by atoms with Gasteiger partial charge in [0.05, 0.1) is 4.90 Å². The van der Waals surface area contributed by atoms with Crippen molar-refractivity contribution in [3.63, 3.8) is 0 Å². The number of anilines is 1. The average Bonchev–Trinajstić information content (AvgIpc) is 2.56. The molecule has 122 valence electrons. The van der Waals surface area contributed by atoms with Gasteiger partial charge < -0.3 is 4.90 Å². The van der Waals surface area contributed by atoms with Crippen LogP contribution in [0.25, 0.3) is 0 Å². The summed E-state index contributed by atoms with van der Waals surface area (Å²) in [5.41, 5.74) is 2.36. The van der Waals surface area contributed by atoms with Crippen LogP contribution in [-0.2, 0) is 16.3 Å². The summed E-state index contributed by atoms with van der Waals surface area (Å²) < 4.78 is 23.6. The van der Waals surface area contributed by atoms with Crippen molar-refractivity contribution < 1.29 is 8.42 Å². The highest BCUT2D eigenvalue weighted by Gasteiger charge is 2.23. The molecule has 0 spiro atoms. The molecule has 0 aliphatic carbocycles. The van der Waals surface area contributed by atoms with Gasteiger partial charge in [0.15, 0.2) is 9.84 Å². The van der Waals surface area contributed by atoms with Gasteiger partial charge in [-0.2, -0.15) is 0 Å². The van der Waals surface area contributed by atoms with Crippen LogP contribution in [0.4, 0.5) is 5.69 Å². The van der Waals surface area contributed by atoms with E-state index >= 15 is 0 Å². The van der Waals surface area contributed by atoms with Crippen molar-refractivity contribution in [3.8, 4) is 0 Å². The topological polar surface area (TPSA) is 37.4 Å². The molecule has 23 heavy (non-hydrogen) atoms. The van der Waals surface area contributed by atoms with Gasteiger partial charge in [0.2, 0.25) is 0 Å². The Morgan fingerprint density at radius 3 is 2.57 bits per heavy atom. The summed E-state index contributed by atoms with van der Waals surface area (Å²) in [6.45, 7) is 0.991. The maximum absolute atomic E-state index is 11.8. The highest BCUT2D eigenvalue weighted by molar-refractivity contribution is 7.90.